The predicted octanol–water partition coefficient (Wildman–Crippen LogP) is 4.62. The maximum atomic E-state index is 10.1. The Balaban J connectivity index is 0.000000186. The molecule has 0 aliphatic carbocycles. The molecule has 0 aromatic heterocycles. The highest BCUT2D eigenvalue weighted by Crippen LogP contribution is 2.20. The molecule has 128 valence electrons. The molecule has 0 aliphatic heterocycles. The zero-order chi connectivity index (χ0) is 18.1. The Morgan fingerprint density at radius 3 is 1.44 bits per heavy atom. The lowest BCUT2D eigenvalue weighted by Gasteiger charge is -2.04. The normalized spacial score (nSPS) is 10.3. The number of para-hydroxylation sites is 1. The third-order valence-electron chi connectivity index (χ3n) is 3.19. The summed E-state index contributed by atoms with van der Waals surface area (Å²) in [6.07, 6.45) is 0. The Kier molecular flexibility index (Phi) is 6.51. The lowest BCUT2D eigenvalue weighted by Crippen LogP contribution is -2.06. The van der Waals surface area contributed by atoms with Crippen molar-refractivity contribution in [3.63, 3.8) is 0 Å². The van der Waals surface area contributed by atoms with Gasteiger partial charge in [-0.05, 0) is 28.8 Å². The van der Waals surface area contributed by atoms with Gasteiger partial charge in [-0.15, -0.1) is 0 Å². The summed E-state index contributed by atoms with van der Waals surface area (Å²) in [6, 6.07) is 28.2. The van der Waals surface area contributed by atoms with Crippen molar-refractivity contribution in [1.29, 1.82) is 0 Å². The fourth-order valence-electron chi connectivity index (χ4n) is 2.04. The Bertz CT molecular complexity index is 849. The van der Waals surface area contributed by atoms with Crippen LogP contribution < -0.4 is 4.18 Å². The number of hydrogen-bond acceptors (Lipinski definition) is 3. The molecule has 0 spiro atoms. The summed E-state index contributed by atoms with van der Waals surface area (Å²) in [5.41, 5.74) is 3.43. The summed E-state index contributed by atoms with van der Waals surface area (Å²) in [6.45, 7) is 4.10. The van der Waals surface area contributed by atoms with Gasteiger partial charge in [0.2, 0.25) is 0 Å². The minimum atomic E-state index is -4.38. The molecule has 3 rings (SSSR count). The largest absolute Gasteiger partial charge is 0.446 e. The first kappa shape index (κ1) is 18.4. The average molecular weight is 354 g/mol. The van der Waals surface area contributed by atoms with Crippen LogP contribution >= 0.6 is 0 Å². The highest BCUT2D eigenvalue weighted by atomic mass is 32.3. The van der Waals surface area contributed by atoms with Gasteiger partial charge in [0, 0.05) is 0 Å². The maximum absolute atomic E-state index is 10.1. The molecular weight excluding hydrogens is 336 g/mol. The maximum Gasteiger partial charge on any atom is 0.446 e. The zero-order valence-corrected chi connectivity index (χ0v) is 14.3. The Labute approximate surface area is 148 Å². The summed E-state index contributed by atoms with van der Waals surface area (Å²) < 4.78 is 32.6. The predicted molar refractivity (Wildman–Crippen MR) is 99.6 cm³/mol. The monoisotopic (exact) mass is 354 g/mol. The topological polar surface area (TPSA) is 63.6 Å². The SMILES string of the molecule is C=C(c1ccccc1)c1ccccc1.O=S(=O)(O)Oc1ccccc1. The van der Waals surface area contributed by atoms with E-state index in [2.05, 4.69) is 35.0 Å². The highest BCUT2D eigenvalue weighted by molar-refractivity contribution is 7.81. The van der Waals surface area contributed by atoms with Crippen molar-refractivity contribution in [3.8, 4) is 5.75 Å². The molecule has 0 saturated carbocycles. The van der Waals surface area contributed by atoms with Crippen LogP contribution in [0.5, 0.6) is 5.75 Å². The van der Waals surface area contributed by atoms with E-state index < -0.39 is 10.4 Å². The minimum Gasteiger partial charge on any atom is -0.362 e. The molecule has 0 radical (unpaired) electrons. The van der Waals surface area contributed by atoms with Crippen molar-refractivity contribution in [1.82, 2.24) is 0 Å². The molecule has 3 aromatic carbocycles. The van der Waals surface area contributed by atoms with Gasteiger partial charge >= 0.3 is 10.4 Å². The van der Waals surface area contributed by atoms with Gasteiger partial charge in [-0.2, -0.15) is 8.42 Å². The second kappa shape index (κ2) is 8.82. The summed E-state index contributed by atoms with van der Waals surface area (Å²) in [4.78, 5) is 0. The molecule has 0 bridgehead atoms. The Hall–Kier alpha value is -2.89. The molecule has 0 heterocycles. The van der Waals surface area contributed by atoms with E-state index in [1.54, 1.807) is 18.2 Å². The van der Waals surface area contributed by atoms with E-state index in [9.17, 15) is 8.42 Å². The highest BCUT2D eigenvalue weighted by Gasteiger charge is 2.04. The van der Waals surface area contributed by atoms with Crippen LogP contribution in [-0.2, 0) is 10.4 Å². The lowest BCUT2D eigenvalue weighted by molar-refractivity contribution is 0.387. The van der Waals surface area contributed by atoms with E-state index in [-0.39, 0.29) is 5.75 Å². The summed E-state index contributed by atoms with van der Waals surface area (Å²) in [7, 11) is -4.38. The van der Waals surface area contributed by atoms with Gasteiger partial charge in [-0.25, -0.2) is 0 Å². The van der Waals surface area contributed by atoms with Crippen molar-refractivity contribution in [2.75, 3.05) is 0 Å². The Morgan fingerprint density at radius 1 is 0.720 bits per heavy atom. The third kappa shape index (κ3) is 6.63. The molecule has 5 heteroatoms. The molecule has 4 nitrogen and oxygen atoms in total. The van der Waals surface area contributed by atoms with Crippen LogP contribution in [0.2, 0.25) is 0 Å². The molecule has 0 atom stereocenters. The van der Waals surface area contributed by atoms with Gasteiger partial charge in [0.15, 0.2) is 0 Å². The van der Waals surface area contributed by atoms with E-state index in [1.807, 2.05) is 36.4 Å². The zero-order valence-electron chi connectivity index (χ0n) is 13.4. The second-order valence-corrected chi connectivity index (χ2v) is 6.06. The first-order valence-corrected chi connectivity index (χ1v) is 8.84. The van der Waals surface area contributed by atoms with Crippen molar-refractivity contribution < 1.29 is 17.2 Å². The van der Waals surface area contributed by atoms with E-state index >= 15 is 0 Å². The molecule has 0 unspecified atom stereocenters. The molecule has 0 fully saturated rings. The van der Waals surface area contributed by atoms with Gasteiger partial charge < -0.3 is 4.18 Å². The quantitative estimate of drug-likeness (QED) is 0.695. The van der Waals surface area contributed by atoms with Crippen LogP contribution in [0.25, 0.3) is 5.57 Å². The van der Waals surface area contributed by atoms with Crippen LogP contribution in [0.3, 0.4) is 0 Å². The smallest absolute Gasteiger partial charge is 0.362 e. The van der Waals surface area contributed by atoms with Crippen molar-refractivity contribution >= 4 is 16.0 Å². The van der Waals surface area contributed by atoms with Crippen molar-refractivity contribution in [2.24, 2.45) is 0 Å². The van der Waals surface area contributed by atoms with E-state index in [4.69, 9.17) is 4.55 Å². The average Bonchev–Trinajstić information content (AvgIpc) is 2.63. The molecule has 0 aliphatic rings. The van der Waals surface area contributed by atoms with Gasteiger partial charge in [0.25, 0.3) is 0 Å². The summed E-state index contributed by atoms with van der Waals surface area (Å²) in [5.74, 6) is 0.0926. The van der Waals surface area contributed by atoms with Gasteiger partial charge in [0.1, 0.15) is 5.75 Å². The number of benzene rings is 3. The van der Waals surface area contributed by atoms with Crippen LogP contribution in [0.4, 0.5) is 0 Å². The van der Waals surface area contributed by atoms with Crippen LogP contribution in [-0.4, -0.2) is 13.0 Å². The first-order valence-electron chi connectivity index (χ1n) is 7.47. The molecule has 1 N–H and O–H groups in total. The van der Waals surface area contributed by atoms with E-state index in [0.717, 1.165) is 5.57 Å². The lowest BCUT2D eigenvalue weighted by atomic mass is 10.0. The summed E-state index contributed by atoms with van der Waals surface area (Å²) >= 11 is 0. The van der Waals surface area contributed by atoms with Gasteiger partial charge in [0.05, 0.1) is 0 Å². The van der Waals surface area contributed by atoms with Crippen LogP contribution in [0.15, 0.2) is 97.6 Å². The van der Waals surface area contributed by atoms with Crippen molar-refractivity contribution in [2.45, 2.75) is 0 Å². The fraction of sp³-hybridized carbons (Fsp3) is 0. The number of rotatable bonds is 4. The molecule has 3 aromatic rings. The standard InChI is InChI=1S/C14H12.C6H6O4S/c1-12(13-8-4-2-5-9-13)14-10-6-3-7-11-14;7-11(8,9)10-6-4-2-1-3-5-6/h2-11H,1H2;1-5H,(H,7,8,9). The molecule has 0 saturated heterocycles. The molecular formula is C20H18O4S. The third-order valence-corrected chi connectivity index (χ3v) is 3.59. The van der Waals surface area contributed by atoms with Crippen LogP contribution in [0, 0.1) is 0 Å². The first-order chi connectivity index (χ1) is 12.0. The Morgan fingerprint density at radius 2 is 1.08 bits per heavy atom. The minimum absolute atomic E-state index is 0.0926. The van der Waals surface area contributed by atoms with Crippen molar-refractivity contribution in [3.05, 3.63) is 109 Å². The second-order valence-electron chi connectivity index (χ2n) is 5.03. The molecule has 25 heavy (non-hydrogen) atoms. The van der Waals surface area contributed by atoms with Gasteiger partial charge in [-0.3, -0.25) is 4.55 Å². The van der Waals surface area contributed by atoms with E-state index in [1.165, 1.54) is 23.3 Å². The van der Waals surface area contributed by atoms with E-state index in [0.29, 0.717) is 0 Å². The van der Waals surface area contributed by atoms with Crippen LogP contribution in [0.1, 0.15) is 11.1 Å². The summed E-state index contributed by atoms with van der Waals surface area (Å²) in [5, 5.41) is 0. The molecule has 0 amide bonds. The van der Waals surface area contributed by atoms with Gasteiger partial charge in [-0.1, -0.05) is 85.4 Å². The number of hydrogen-bond donors (Lipinski definition) is 1. The fourth-order valence-corrected chi connectivity index (χ4v) is 2.40.